The van der Waals surface area contributed by atoms with Crippen molar-refractivity contribution in [3.63, 3.8) is 0 Å². The Labute approximate surface area is 177 Å². The second-order valence-corrected chi connectivity index (χ2v) is 6.72. The van der Waals surface area contributed by atoms with Gasteiger partial charge in [-0.15, -0.1) is 5.11 Å². The highest BCUT2D eigenvalue weighted by molar-refractivity contribution is 6.12. The number of carboxylic acid groups (broad SMARTS) is 1. The minimum atomic E-state index is -1.10. The third kappa shape index (κ3) is 4.25. The van der Waals surface area contributed by atoms with Gasteiger partial charge in [-0.3, -0.25) is 4.79 Å². The predicted molar refractivity (Wildman–Crippen MR) is 118 cm³/mol. The molecule has 0 aliphatic rings. The zero-order valence-electron chi connectivity index (χ0n) is 16.2. The van der Waals surface area contributed by atoms with Crippen LogP contribution in [0.15, 0.2) is 95.2 Å². The molecule has 0 aliphatic carbocycles. The third-order valence-corrected chi connectivity index (χ3v) is 4.63. The van der Waals surface area contributed by atoms with Gasteiger partial charge < -0.3 is 15.5 Å². The van der Waals surface area contributed by atoms with Crippen molar-refractivity contribution in [3.8, 4) is 5.75 Å². The molecule has 0 heterocycles. The van der Waals surface area contributed by atoms with Gasteiger partial charge in [0.25, 0.3) is 5.91 Å². The third-order valence-electron chi connectivity index (χ3n) is 4.63. The quantitative estimate of drug-likeness (QED) is 0.354. The Balaban J connectivity index is 1.75. The topological polar surface area (TPSA) is 111 Å². The van der Waals surface area contributed by atoms with E-state index in [1.54, 1.807) is 42.5 Å². The van der Waals surface area contributed by atoms with Crippen LogP contribution in [0.5, 0.6) is 5.75 Å². The number of phenolic OH excluding ortho intramolecular Hbond substituents is 1. The molecule has 0 unspecified atom stereocenters. The number of hydrogen-bond donors (Lipinski definition) is 3. The summed E-state index contributed by atoms with van der Waals surface area (Å²) in [4.78, 5) is 24.1. The van der Waals surface area contributed by atoms with Gasteiger partial charge in [-0.2, -0.15) is 5.11 Å². The fraction of sp³-hybridized carbons (Fsp3) is 0. The van der Waals surface area contributed by atoms with E-state index >= 15 is 0 Å². The maximum Gasteiger partial charge on any atom is 0.335 e. The number of amides is 1. The summed E-state index contributed by atoms with van der Waals surface area (Å²) in [6.07, 6.45) is 0. The predicted octanol–water partition coefficient (Wildman–Crippen LogP) is 5.91. The van der Waals surface area contributed by atoms with Crippen LogP contribution in [0.1, 0.15) is 20.7 Å². The van der Waals surface area contributed by atoms with E-state index in [-0.39, 0.29) is 22.6 Å². The van der Waals surface area contributed by atoms with Gasteiger partial charge in [-0.25, -0.2) is 4.79 Å². The Bertz CT molecular complexity index is 1320. The highest BCUT2D eigenvalue weighted by Crippen LogP contribution is 2.39. The highest BCUT2D eigenvalue weighted by atomic mass is 16.4. The molecule has 0 bridgehead atoms. The number of nitrogens with one attached hydrogen (secondary N) is 1. The first-order chi connectivity index (χ1) is 15.0. The van der Waals surface area contributed by atoms with Crippen LogP contribution in [0.3, 0.4) is 0 Å². The summed E-state index contributed by atoms with van der Waals surface area (Å²) < 4.78 is 0. The SMILES string of the molecule is O=C(O)c1cccc(NC(=O)c2cc3ccccc3c(N=Nc3ccccc3)c2O)c1. The second-order valence-electron chi connectivity index (χ2n) is 6.72. The molecule has 3 N–H and O–H groups in total. The van der Waals surface area contributed by atoms with Crippen LogP contribution in [0.4, 0.5) is 17.1 Å². The summed E-state index contributed by atoms with van der Waals surface area (Å²) in [5.41, 5.74) is 1.11. The van der Waals surface area contributed by atoms with Gasteiger partial charge in [0, 0.05) is 11.1 Å². The molecule has 0 saturated heterocycles. The number of anilines is 1. The molecule has 0 atom stereocenters. The summed E-state index contributed by atoms with van der Waals surface area (Å²) in [5, 5.41) is 32.3. The average molecular weight is 411 g/mol. The van der Waals surface area contributed by atoms with Crippen molar-refractivity contribution >= 4 is 39.7 Å². The van der Waals surface area contributed by atoms with E-state index in [0.29, 0.717) is 22.1 Å². The number of azo groups is 1. The first kappa shape index (κ1) is 19.8. The molecule has 7 nitrogen and oxygen atoms in total. The van der Waals surface area contributed by atoms with Crippen LogP contribution < -0.4 is 5.32 Å². The summed E-state index contributed by atoms with van der Waals surface area (Å²) in [6, 6.07) is 23.7. The maximum atomic E-state index is 12.9. The molecule has 4 aromatic rings. The smallest absolute Gasteiger partial charge is 0.335 e. The molecule has 4 rings (SSSR count). The zero-order chi connectivity index (χ0) is 21.8. The molecule has 0 aliphatic heterocycles. The van der Waals surface area contributed by atoms with E-state index in [1.807, 2.05) is 24.3 Å². The first-order valence-corrected chi connectivity index (χ1v) is 9.39. The van der Waals surface area contributed by atoms with E-state index in [0.717, 1.165) is 0 Å². The van der Waals surface area contributed by atoms with E-state index in [2.05, 4.69) is 15.5 Å². The molecule has 0 radical (unpaired) electrons. The van der Waals surface area contributed by atoms with Crippen molar-refractivity contribution < 1.29 is 19.8 Å². The minimum Gasteiger partial charge on any atom is -0.505 e. The fourth-order valence-corrected chi connectivity index (χ4v) is 3.12. The molecular formula is C24H17N3O4. The van der Waals surface area contributed by atoms with Gasteiger partial charge in [0.05, 0.1) is 16.8 Å². The summed E-state index contributed by atoms with van der Waals surface area (Å²) in [5.74, 6) is -2.01. The molecule has 0 saturated carbocycles. The molecule has 0 fully saturated rings. The van der Waals surface area contributed by atoms with E-state index < -0.39 is 11.9 Å². The molecule has 31 heavy (non-hydrogen) atoms. The highest BCUT2D eigenvalue weighted by Gasteiger charge is 2.19. The van der Waals surface area contributed by atoms with Crippen molar-refractivity contribution in [1.82, 2.24) is 0 Å². The second kappa shape index (κ2) is 8.46. The standard InChI is InChI=1S/C24H17N3O4/c28-22-20(23(29)25-18-11-6-8-16(13-18)24(30)31)14-15-7-4-5-12-19(15)21(22)27-26-17-9-2-1-3-10-17/h1-14,28H,(H,25,29)(H,30,31). The van der Waals surface area contributed by atoms with Crippen molar-refractivity contribution in [2.75, 3.05) is 5.32 Å². The normalized spacial score (nSPS) is 11.0. The summed E-state index contributed by atoms with van der Waals surface area (Å²) in [7, 11) is 0. The number of rotatable bonds is 5. The first-order valence-electron chi connectivity index (χ1n) is 9.39. The largest absolute Gasteiger partial charge is 0.505 e. The van der Waals surface area contributed by atoms with Crippen molar-refractivity contribution in [2.24, 2.45) is 10.2 Å². The number of phenols is 1. The lowest BCUT2D eigenvalue weighted by Crippen LogP contribution is -2.12. The van der Waals surface area contributed by atoms with Gasteiger partial charge in [0.2, 0.25) is 0 Å². The van der Waals surface area contributed by atoms with E-state index in [4.69, 9.17) is 5.11 Å². The number of aromatic carboxylic acids is 1. The van der Waals surface area contributed by atoms with Crippen molar-refractivity contribution in [1.29, 1.82) is 0 Å². The summed E-state index contributed by atoms with van der Waals surface area (Å²) >= 11 is 0. The monoisotopic (exact) mass is 411 g/mol. The minimum absolute atomic E-state index is 0.00133. The van der Waals surface area contributed by atoms with Crippen LogP contribution >= 0.6 is 0 Å². The van der Waals surface area contributed by atoms with Crippen LogP contribution in [-0.4, -0.2) is 22.1 Å². The average Bonchev–Trinajstić information content (AvgIpc) is 2.79. The number of hydrogen-bond acceptors (Lipinski definition) is 5. The number of carbonyl (C=O) groups excluding carboxylic acids is 1. The molecule has 1 amide bonds. The molecule has 0 aromatic heterocycles. The lowest BCUT2D eigenvalue weighted by molar-refractivity contribution is 0.0696. The van der Waals surface area contributed by atoms with Gasteiger partial charge in [-0.1, -0.05) is 48.5 Å². The van der Waals surface area contributed by atoms with Crippen LogP contribution in [0.25, 0.3) is 10.8 Å². The molecular weight excluding hydrogens is 394 g/mol. The van der Waals surface area contributed by atoms with Crippen molar-refractivity contribution in [3.05, 3.63) is 96.1 Å². The number of benzene rings is 4. The van der Waals surface area contributed by atoms with E-state index in [1.165, 1.54) is 18.2 Å². The maximum absolute atomic E-state index is 12.9. The van der Waals surface area contributed by atoms with Crippen LogP contribution in [0, 0.1) is 0 Å². The van der Waals surface area contributed by atoms with E-state index in [9.17, 15) is 14.7 Å². The Hall–Kier alpha value is -4.52. The zero-order valence-corrected chi connectivity index (χ0v) is 16.2. The van der Waals surface area contributed by atoms with Crippen LogP contribution in [0.2, 0.25) is 0 Å². The van der Waals surface area contributed by atoms with Gasteiger partial charge in [0.15, 0.2) is 5.75 Å². The van der Waals surface area contributed by atoms with Crippen molar-refractivity contribution in [2.45, 2.75) is 0 Å². The molecule has 4 aromatic carbocycles. The number of nitrogens with zero attached hydrogens (tertiary/aromatic N) is 2. The Morgan fingerprint density at radius 2 is 1.55 bits per heavy atom. The molecule has 152 valence electrons. The lowest BCUT2D eigenvalue weighted by atomic mass is 10.0. The summed E-state index contributed by atoms with van der Waals surface area (Å²) in [6.45, 7) is 0. The number of aromatic hydroxyl groups is 1. The number of carboxylic acids is 1. The number of carbonyl (C=O) groups is 2. The lowest BCUT2D eigenvalue weighted by Gasteiger charge is -2.11. The Kier molecular flexibility index (Phi) is 5.40. The van der Waals surface area contributed by atoms with Gasteiger partial charge >= 0.3 is 5.97 Å². The Morgan fingerprint density at radius 1 is 0.806 bits per heavy atom. The van der Waals surface area contributed by atoms with Crippen LogP contribution in [-0.2, 0) is 0 Å². The van der Waals surface area contributed by atoms with Gasteiger partial charge in [0.1, 0.15) is 5.69 Å². The van der Waals surface area contributed by atoms with Gasteiger partial charge in [-0.05, 0) is 41.8 Å². The number of fused-ring (bicyclic) bond motifs is 1. The molecule has 0 spiro atoms. The fourth-order valence-electron chi connectivity index (χ4n) is 3.12. The molecule has 7 heteroatoms. The Morgan fingerprint density at radius 3 is 2.32 bits per heavy atom.